The Bertz CT molecular complexity index is 930. The van der Waals surface area contributed by atoms with E-state index >= 15 is 0 Å². The summed E-state index contributed by atoms with van der Waals surface area (Å²) in [6.45, 7) is 2.65. The lowest BCUT2D eigenvalue weighted by Gasteiger charge is -2.15. The summed E-state index contributed by atoms with van der Waals surface area (Å²) in [7, 11) is -4.09. The number of hydrazine groups is 1. The maximum absolute atomic E-state index is 13.5. The molecule has 0 aliphatic heterocycles. The number of halogens is 1. The number of carbonyl (C=O) groups excluding carboxylic acids is 2. The zero-order chi connectivity index (χ0) is 19.3. The summed E-state index contributed by atoms with van der Waals surface area (Å²) >= 11 is 0. The normalized spacial score (nSPS) is 12.3. The number of benzene rings is 2. The Morgan fingerprint density at radius 2 is 1.81 bits per heavy atom. The van der Waals surface area contributed by atoms with E-state index < -0.39 is 27.9 Å². The molecule has 26 heavy (non-hydrogen) atoms. The lowest BCUT2D eigenvalue weighted by atomic mass is 10.2. The molecule has 2 N–H and O–H groups in total. The van der Waals surface area contributed by atoms with E-state index in [-0.39, 0.29) is 22.0 Å². The van der Waals surface area contributed by atoms with Crippen LogP contribution < -0.4 is 15.0 Å². The van der Waals surface area contributed by atoms with Crippen LogP contribution in [0.1, 0.15) is 24.2 Å². The molecule has 0 unspecified atom stereocenters. The first-order valence-corrected chi connectivity index (χ1v) is 9.03. The number of hydrogen-bond acceptors (Lipinski definition) is 5. The smallest absolute Gasteiger partial charge is 0.275 e. The predicted octanol–water partition coefficient (Wildman–Crippen LogP) is 1.81. The fourth-order valence-electron chi connectivity index (χ4n) is 1.94. The number of hydrogen-bond donors (Lipinski definition) is 2. The van der Waals surface area contributed by atoms with E-state index in [9.17, 15) is 22.4 Å². The summed E-state index contributed by atoms with van der Waals surface area (Å²) in [5.74, 6) is -1.89. The van der Waals surface area contributed by atoms with Crippen LogP contribution in [0.4, 0.5) is 4.39 Å². The van der Waals surface area contributed by atoms with Gasteiger partial charge in [0, 0.05) is 5.56 Å². The molecule has 2 aromatic carbocycles. The van der Waals surface area contributed by atoms with Crippen LogP contribution in [0, 0.1) is 5.82 Å². The summed E-state index contributed by atoms with van der Waals surface area (Å²) < 4.78 is 43.1. The summed E-state index contributed by atoms with van der Waals surface area (Å²) in [6, 6.07) is 10.9. The summed E-state index contributed by atoms with van der Waals surface area (Å²) in [6.07, 6.45) is -1.15. The average Bonchev–Trinajstić information content (AvgIpc) is 2.61. The van der Waals surface area contributed by atoms with Gasteiger partial charge in [0.05, 0.1) is 4.90 Å². The van der Waals surface area contributed by atoms with Gasteiger partial charge in [-0.2, -0.15) is 0 Å². The van der Waals surface area contributed by atoms with Gasteiger partial charge in [0.25, 0.3) is 15.9 Å². The molecular weight excluding hydrogens is 363 g/mol. The SMILES string of the molecule is CC(=O)c1cccc(S(=O)(=O)NNC(=O)[C@@H](C)Oc2ccccc2F)c1. The van der Waals surface area contributed by atoms with Crippen molar-refractivity contribution in [1.82, 2.24) is 10.3 Å². The van der Waals surface area contributed by atoms with E-state index in [1.54, 1.807) is 0 Å². The van der Waals surface area contributed by atoms with Crippen molar-refractivity contribution in [3.8, 4) is 5.75 Å². The molecular formula is C17H17FN2O5S. The van der Waals surface area contributed by atoms with Crippen molar-refractivity contribution in [2.75, 3.05) is 0 Å². The molecule has 138 valence electrons. The first-order valence-electron chi connectivity index (χ1n) is 7.54. The van der Waals surface area contributed by atoms with E-state index in [0.717, 1.165) is 0 Å². The largest absolute Gasteiger partial charge is 0.478 e. The van der Waals surface area contributed by atoms with Gasteiger partial charge in [-0.15, -0.1) is 4.83 Å². The Balaban J connectivity index is 2.02. The minimum Gasteiger partial charge on any atom is -0.478 e. The van der Waals surface area contributed by atoms with Crippen LogP contribution in [-0.2, 0) is 14.8 Å². The minimum atomic E-state index is -4.09. The quantitative estimate of drug-likeness (QED) is 0.563. The van der Waals surface area contributed by atoms with Gasteiger partial charge in [0.15, 0.2) is 23.5 Å². The van der Waals surface area contributed by atoms with Crippen LogP contribution in [0.15, 0.2) is 53.4 Å². The maximum atomic E-state index is 13.5. The van der Waals surface area contributed by atoms with Crippen molar-refractivity contribution in [3.63, 3.8) is 0 Å². The van der Waals surface area contributed by atoms with Crippen LogP contribution in [-0.4, -0.2) is 26.2 Å². The number of carbonyl (C=O) groups is 2. The Labute approximate surface area is 150 Å². The third kappa shape index (κ3) is 4.87. The molecule has 0 spiro atoms. The van der Waals surface area contributed by atoms with Crippen molar-refractivity contribution in [2.45, 2.75) is 24.8 Å². The van der Waals surface area contributed by atoms with Crippen LogP contribution in [0.3, 0.4) is 0 Å². The van der Waals surface area contributed by atoms with E-state index in [4.69, 9.17) is 4.74 Å². The third-order valence-corrected chi connectivity index (χ3v) is 4.61. The molecule has 0 aromatic heterocycles. The molecule has 1 atom stereocenters. The molecule has 2 aromatic rings. The number of sulfonamides is 1. The zero-order valence-electron chi connectivity index (χ0n) is 14.0. The van der Waals surface area contributed by atoms with E-state index in [1.807, 2.05) is 10.3 Å². The minimum absolute atomic E-state index is 0.132. The molecule has 0 aliphatic carbocycles. The lowest BCUT2D eigenvalue weighted by Crippen LogP contribution is -2.47. The Morgan fingerprint density at radius 3 is 2.46 bits per heavy atom. The summed E-state index contributed by atoms with van der Waals surface area (Å²) in [4.78, 5) is 25.0. The van der Waals surface area contributed by atoms with Crippen molar-refractivity contribution < 1.29 is 27.1 Å². The highest BCUT2D eigenvalue weighted by molar-refractivity contribution is 7.89. The van der Waals surface area contributed by atoms with E-state index in [2.05, 4.69) is 0 Å². The second-order valence-electron chi connectivity index (χ2n) is 5.37. The number of rotatable bonds is 7. The Morgan fingerprint density at radius 1 is 1.12 bits per heavy atom. The molecule has 0 bridgehead atoms. The summed E-state index contributed by atoms with van der Waals surface area (Å²) in [5, 5.41) is 0. The van der Waals surface area contributed by atoms with E-state index in [1.165, 1.54) is 62.4 Å². The fourth-order valence-corrected chi connectivity index (χ4v) is 2.84. The van der Waals surface area contributed by atoms with Gasteiger partial charge in [-0.25, -0.2) is 12.8 Å². The number of ether oxygens (including phenoxy) is 1. The molecule has 1 amide bonds. The van der Waals surface area contributed by atoms with Crippen molar-refractivity contribution in [2.24, 2.45) is 0 Å². The third-order valence-electron chi connectivity index (χ3n) is 3.37. The fraction of sp³-hybridized carbons (Fsp3) is 0.176. The molecule has 7 nitrogen and oxygen atoms in total. The highest BCUT2D eigenvalue weighted by atomic mass is 32.2. The molecule has 0 aliphatic rings. The Hall–Kier alpha value is -2.78. The highest BCUT2D eigenvalue weighted by Crippen LogP contribution is 2.17. The molecule has 0 radical (unpaired) electrons. The van der Waals surface area contributed by atoms with Crippen LogP contribution in [0.2, 0.25) is 0 Å². The van der Waals surface area contributed by atoms with Crippen LogP contribution >= 0.6 is 0 Å². The monoisotopic (exact) mass is 380 g/mol. The Kier molecular flexibility index (Phi) is 6.06. The van der Waals surface area contributed by atoms with E-state index in [0.29, 0.717) is 0 Å². The van der Waals surface area contributed by atoms with Crippen LogP contribution in [0.25, 0.3) is 0 Å². The zero-order valence-corrected chi connectivity index (χ0v) is 14.8. The maximum Gasteiger partial charge on any atom is 0.275 e. The number of ketones is 1. The molecule has 0 heterocycles. The van der Waals surface area contributed by atoms with Gasteiger partial charge in [-0.1, -0.05) is 24.3 Å². The standard InChI is InChI=1S/C17H17FN2O5S/c1-11(21)13-6-5-7-14(10-13)26(23,24)20-19-17(22)12(2)25-16-9-4-3-8-15(16)18/h3-10,12,20H,1-2H3,(H,19,22)/t12-/m1/s1. The summed E-state index contributed by atoms with van der Waals surface area (Å²) in [5.41, 5.74) is 2.22. The van der Waals surface area contributed by atoms with Gasteiger partial charge >= 0.3 is 0 Å². The highest BCUT2D eigenvalue weighted by Gasteiger charge is 2.20. The van der Waals surface area contributed by atoms with Gasteiger partial charge < -0.3 is 4.74 Å². The van der Waals surface area contributed by atoms with Crippen molar-refractivity contribution >= 4 is 21.7 Å². The average molecular weight is 380 g/mol. The second-order valence-corrected chi connectivity index (χ2v) is 7.05. The van der Waals surface area contributed by atoms with Gasteiger partial charge in [-0.05, 0) is 38.1 Å². The number of Topliss-reactive ketones (excluding diaryl/α,β-unsaturated/α-hetero) is 1. The predicted molar refractivity (Wildman–Crippen MR) is 91.4 cm³/mol. The first-order chi connectivity index (χ1) is 12.2. The van der Waals surface area contributed by atoms with Gasteiger partial charge in [0.2, 0.25) is 0 Å². The second kappa shape index (κ2) is 8.07. The van der Waals surface area contributed by atoms with Gasteiger partial charge in [-0.3, -0.25) is 15.0 Å². The number of nitrogens with one attached hydrogen (secondary N) is 2. The number of amides is 1. The molecule has 0 fully saturated rings. The van der Waals surface area contributed by atoms with Crippen LogP contribution in [0.5, 0.6) is 5.75 Å². The molecule has 0 saturated heterocycles. The lowest BCUT2D eigenvalue weighted by molar-refractivity contribution is -0.127. The molecule has 0 saturated carbocycles. The topological polar surface area (TPSA) is 102 Å². The molecule has 9 heteroatoms. The van der Waals surface area contributed by atoms with Crippen molar-refractivity contribution in [3.05, 3.63) is 59.9 Å². The van der Waals surface area contributed by atoms with Crippen molar-refractivity contribution in [1.29, 1.82) is 0 Å². The number of para-hydroxylation sites is 1. The molecule has 2 rings (SSSR count). The first kappa shape index (κ1) is 19.5. The van der Waals surface area contributed by atoms with Gasteiger partial charge in [0.1, 0.15) is 0 Å².